The molecule has 0 aliphatic heterocycles. The Hall–Kier alpha value is -1.13. The summed E-state index contributed by atoms with van der Waals surface area (Å²) in [5, 5.41) is 8.52. The molecule has 0 saturated carbocycles. The van der Waals surface area contributed by atoms with Crippen LogP contribution in [0.2, 0.25) is 0 Å². The van der Waals surface area contributed by atoms with Crippen molar-refractivity contribution in [3.8, 4) is 0 Å². The van der Waals surface area contributed by atoms with E-state index < -0.39 is 5.97 Å². The van der Waals surface area contributed by atoms with Crippen molar-refractivity contribution in [1.29, 1.82) is 0 Å². The van der Waals surface area contributed by atoms with Crippen molar-refractivity contribution in [2.75, 3.05) is 6.61 Å². The highest BCUT2D eigenvalue weighted by Gasteiger charge is 1.99. The highest BCUT2D eigenvalue weighted by atomic mass is 32.1. The van der Waals surface area contributed by atoms with Crippen molar-refractivity contribution < 1.29 is 14.6 Å². The smallest absolute Gasteiger partial charge is 0.328 e. The van der Waals surface area contributed by atoms with Gasteiger partial charge in [0.2, 0.25) is 0 Å². The van der Waals surface area contributed by atoms with Crippen molar-refractivity contribution in [3.05, 3.63) is 28.0 Å². The van der Waals surface area contributed by atoms with Crippen molar-refractivity contribution in [3.63, 3.8) is 0 Å². The SMILES string of the molecule is CC(C)CCCOCc1ccc(C=CC(=O)O)s1. The largest absolute Gasteiger partial charge is 0.478 e. The minimum absolute atomic E-state index is 0.615. The van der Waals surface area contributed by atoms with E-state index in [9.17, 15) is 4.79 Å². The fourth-order valence-electron chi connectivity index (χ4n) is 1.48. The van der Waals surface area contributed by atoms with E-state index in [1.165, 1.54) is 6.42 Å². The number of carboxylic acid groups (broad SMARTS) is 1. The topological polar surface area (TPSA) is 46.5 Å². The molecule has 0 atom stereocenters. The van der Waals surface area contributed by atoms with E-state index in [0.29, 0.717) is 6.61 Å². The van der Waals surface area contributed by atoms with Gasteiger partial charge in [0, 0.05) is 22.4 Å². The van der Waals surface area contributed by atoms with Crippen LogP contribution in [0.15, 0.2) is 18.2 Å². The summed E-state index contributed by atoms with van der Waals surface area (Å²) >= 11 is 1.56. The van der Waals surface area contributed by atoms with E-state index in [0.717, 1.165) is 34.8 Å². The first-order valence-electron chi connectivity index (χ1n) is 6.15. The van der Waals surface area contributed by atoms with Gasteiger partial charge in [0.15, 0.2) is 0 Å². The molecule has 0 unspecified atom stereocenters. The van der Waals surface area contributed by atoms with Crippen LogP contribution in [0.25, 0.3) is 6.08 Å². The fraction of sp³-hybridized carbons (Fsp3) is 0.500. The predicted molar refractivity (Wildman–Crippen MR) is 74.7 cm³/mol. The van der Waals surface area contributed by atoms with Crippen LogP contribution in [0.3, 0.4) is 0 Å². The molecule has 1 N–H and O–H groups in total. The van der Waals surface area contributed by atoms with Crippen molar-refractivity contribution in [2.45, 2.75) is 33.3 Å². The molecule has 0 aromatic carbocycles. The van der Waals surface area contributed by atoms with Crippen LogP contribution in [0, 0.1) is 5.92 Å². The Morgan fingerprint density at radius 3 is 2.94 bits per heavy atom. The number of rotatable bonds is 8. The lowest BCUT2D eigenvalue weighted by molar-refractivity contribution is -0.131. The Morgan fingerprint density at radius 2 is 2.28 bits per heavy atom. The Bertz CT molecular complexity index is 393. The molecule has 0 saturated heterocycles. The molecular formula is C14H20O3S. The van der Waals surface area contributed by atoms with Gasteiger partial charge in [0.05, 0.1) is 6.61 Å². The third kappa shape index (κ3) is 6.57. The van der Waals surface area contributed by atoms with Crippen LogP contribution in [0.5, 0.6) is 0 Å². The van der Waals surface area contributed by atoms with Gasteiger partial charge in [-0.1, -0.05) is 13.8 Å². The summed E-state index contributed by atoms with van der Waals surface area (Å²) in [5.41, 5.74) is 0. The van der Waals surface area contributed by atoms with Gasteiger partial charge >= 0.3 is 5.97 Å². The molecule has 0 fully saturated rings. The Kier molecular flexibility index (Phi) is 6.68. The average molecular weight is 268 g/mol. The van der Waals surface area contributed by atoms with Gasteiger partial charge in [0.25, 0.3) is 0 Å². The maximum atomic E-state index is 10.4. The van der Waals surface area contributed by atoms with E-state index in [2.05, 4.69) is 13.8 Å². The molecule has 1 rings (SSSR count). The number of carboxylic acids is 1. The number of hydrogen-bond donors (Lipinski definition) is 1. The molecule has 0 bridgehead atoms. The molecule has 0 radical (unpaired) electrons. The molecule has 100 valence electrons. The van der Waals surface area contributed by atoms with E-state index >= 15 is 0 Å². The Balaban J connectivity index is 2.25. The quantitative estimate of drug-likeness (QED) is 0.576. The normalized spacial score (nSPS) is 11.5. The lowest BCUT2D eigenvalue weighted by atomic mass is 10.1. The molecule has 1 aromatic rings. The summed E-state index contributed by atoms with van der Waals surface area (Å²) in [4.78, 5) is 12.4. The molecule has 1 aromatic heterocycles. The zero-order valence-corrected chi connectivity index (χ0v) is 11.7. The monoisotopic (exact) mass is 268 g/mol. The Morgan fingerprint density at radius 1 is 1.50 bits per heavy atom. The van der Waals surface area contributed by atoms with Gasteiger partial charge in [-0.25, -0.2) is 4.79 Å². The molecule has 4 heteroatoms. The zero-order valence-electron chi connectivity index (χ0n) is 10.9. The van der Waals surface area contributed by atoms with Crippen LogP contribution < -0.4 is 0 Å². The van der Waals surface area contributed by atoms with Crippen LogP contribution in [-0.4, -0.2) is 17.7 Å². The summed E-state index contributed by atoms with van der Waals surface area (Å²) in [6.07, 6.45) is 5.04. The third-order valence-corrected chi connectivity index (χ3v) is 3.41. The number of carbonyl (C=O) groups is 1. The average Bonchev–Trinajstić information content (AvgIpc) is 2.73. The van der Waals surface area contributed by atoms with E-state index in [4.69, 9.17) is 9.84 Å². The summed E-state index contributed by atoms with van der Waals surface area (Å²) < 4.78 is 5.58. The molecule has 0 spiro atoms. The summed E-state index contributed by atoms with van der Waals surface area (Å²) in [5.74, 6) is -0.196. The second-order valence-electron chi connectivity index (χ2n) is 4.56. The first kappa shape index (κ1) is 14.9. The van der Waals surface area contributed by atoms with Gasteiger partial charge in [-0.05, 0) is 37.0 Å². The molecular weight excluding hydrogens is 248 g/mol. The number of ether oxygens (including phenoxy) is 1. The summed E-state index contributed by atoms with van der Waals surface area (Å²) in [6, 6.07) is 3.89. The number of thiophene rings is 1. The minimum Gasteiger partial charge on any atom is -0.478 e. The predicted octanol–water partition coefficient (Wildman–Crippen LogP) is 3.80. The summed E-state index contributed by atoms with van der Waals surface area (Å²) in [7, 11) is 0. The van der Waals surface area contributed by atoms with Crippen molar-refractivity contribution in [2.24, 2.45) is 5.92 Å². The fourth-order valence-corrected chi connectivity index (χ4v) is 2.33. The first-order chi connectivity index (χ1) is 8.58. The summed E-state index contributed by atoms with van der Waals surface area (Å²) in [6.45, 7) is 5.82. The first-order valence-corrected chi connectivity index (χ1v) is 6.97. The highest BCUT2D eigenvalue weighted by molar-refractivity contribution is 7.12. The lowest BCUT2D eigenvalue weighted by Gasteiger charge is -2.04. The molecule has 0 amide bonds. The molecule has 18 heavy (non-hydrogen) atoms. The maximum Gasteiger partial charge on any atom is 0.328 e. The van der Waals surface area contributed by atoms with Gasteiger partial charge in [-0.3, -0.25) is 0 Å². The lowest BCUT2D eigenvalue weighted by Crippen LogP contribution is -1.96. The van der Waals surface area contributed by atoms with Crippen LogP contribution in [0.4, 0.5) is 0 Å². The zero-order chi connectivity index (χ0) is 13.4. The molecule has 0 aliphatic carbocycles. The highest BCUT2D eigenvalue weighted by Crippen LogP contribution is 2.19. The van der Waals surface area contributed by atoms with Gasteiger partial charge < -0.3 is 9.84 Å². The van der Waals surface area contributed by atoms with Gasteiger partial charge in [-0.15, -0.1) is 11.3 Å². The van der Waals surface area contributed by atoms with E-state index in [-0.39, 0.29) is 0 Å². The number of hydrogen-bond acceptors (Lipinski definition) is 3. The van der Waals surface area contributed by atoms with Crippen LogP contribution >= 0.6 is 11.3 Å². The van der Waals surface area contributed by atoms with Crippen molar-refractivity contribution >= 4 is 23.4 Å². The van der Waals surface area contributed by atoms with Gasteiger partial charge in [0.1, 0.15) is 0 Å². The van der Waals surface area contributed by atoms with E-state index in [1.807, 2.05) is 12.1 Å². The standard InChI is InChI=1S/C14H20O3S/c1-11(2)4-3-9-17-10-13-6-5-12(18-13)7-8-14(15)16/h5-8,11H,3-4,9-10H2,1-2H3,(H,15,16). The second-order valence-corrected chi connectivity index (χ2v) is 5.76. The molecule has 0 aliphatic rings. The molecule has 1 heterocycles. The number of aliphatic carboxylic acids is 1. The third-order valence-electron chi connectivity index (χ3n) is 2.39. The Labute approximate surface area is 112 Å². The second kappa shape index (κ2) is 8.06. The van der Waals surface area contributed by atoms with Crippen LogP contribution in [0.1, 0.15) is 36.4 Å². The van der Waals surface area contributed by atoms with Crippen molar-refractivity contribution in [1.82, 2.24) is 0 Å². The molecule has 3 nitrogen and oxygen atoms in total. The van der Waals surface area contributed by atoms with Gasteiger partial charge in [-0.2, -0.15) is 0 Å². The van der Waals surface area contributed by atoms with Crippen LogP contribution in [-0.2, 0) is 16.1 Å². The maximum absolute atomic E-state index is 10.4. The minimum atomic E-state index is -0.921. The van der Waals surface area contributed by atoms with E-state index in [1.54, 1.807) is 17.4 Å².